The van der Waals surface area contributed by atoms with Gasteiger partial charge in [0.15, 0.2) is 0 Å². The Morgan fingerprint density at radius 1 is 1.30 bits per heavy atom. The molecule has 0 aromatic heterocycles. The molecule has 0 aliphatic carbocycles. The van der Waals surface area contributed by atoms with E-state index in [9.17, 15) is 0 Å². The minimum absolute atomic E-state index is 0. The maximum absolute atomic E-state index is 3.52. The molecule has 0 nitrogen and oxygen atoms in total. The van der Waals surface area contributed by atoms with Gasteiger partial charge in [0.05, 0.1) is 0 Å². The van der Waals surface area contributed by atoms with Crippen molar-refractivity contribution in [2.75, 3.05) is 0 Å². The molecule has 0 unspecified atom stereocenters. The fourth-order valence-electron chi connectivity index (χ4n) is 0.289. The summed E-state index contributed by atoms with van der Waals surface area (Å²) in [5.41, 5.74) is 0. The summed E-state index contributed by atoms with van der Waals surface area (Å²) in [7, 11) is 0. The Hall–Kier alpha value is 3.48. The Kier molecular flexibility index (Phi) is 35.0. The number of rotatable bonds is 2. The third-order valence-corrected chi connectivity index (χ3v) is 1.80. The van der Waals surface area contributed by atoms with E-state index in [0.717, 1.165) is 5.25 Å². The topological polar surface area (TPSA) is 0 Å². The van der Waals surface area contributed by atoms with Crippen LogP contribution in [0.5, 0.6) is 0 Å². The van der Waals surface area contributed by atoms with Gasteiger partial charge in [-0.2, -0.15) is 0 Å². The molecule has 0 aliphatic heterocycles. The van der Waals surface area contributed by atoms with Crippen molar-refractivity contribution in [3.63, 3.8) is 0 Å². The third-order valence-electron chi connectivity index (χ3n) is 0.986. The first kappa shape index (κ1) is 19.1. The van der Waals surface area contributed by atoms with Crippen molar-refractivity contribution in [2.24, 2.45) is 0 Å². The van der Waals surface area contributed by atoms with Crippen molar-refractivity contribution in [1.29, 1.82) is 0 Å². The van der Waals surface area contributed by atoms with Crippen LogP contribution in [0, 0.1) is 0 Å². The summed E-state index contributed by atoms with van der Waals surface area (Å²) < 4.78 is 0. The maximum atomic E-state index is 3.52. The predicted molar refractivity (Wildman–Crippen MR) is 62.6 cm³/mol. The molecule has 62 valence electrons. The fourth-order valence-corrected chi connectivity index (χ4v) is 0.289. The van der Waals surface area contributed by atoms with Crippen LogP contribution in [0.2, 0.25) is 0 Å². The van der Waals surface area contributed by atoms with E-state index in [0.29, 0.717) is 0 Å². The van der Waals surface area contributed by atoms with Gasteiger partial charge >= 0.3 is 51.2 Å². The molecule has 0 rings (SSSR count). The average Bonchev–Trinajstić information content (AvgIpc) is 1.88. The van der Waals surface area contributed by atoms with Gasteiger partial charge < -0.3 is 24.0 Å². The van der Waals surface area contributed by atoms with Gasteiger partial charge in [-0.15, -0.1) is 0 Å². The quantitative estimate of drug-likeness (QED) is 0.218. The molecule has 0 fully saturated rings. The number of halogens is 3. The van der Waals surface area contributed by atoms with Gasteiger partial charge in [-0.05, 0) is 25.5 Å². The van der Waals surface area contributed by atoms with E-state index >= 15 is 0 Å². The molecule has 0 atom stereocenters. The molecule has 10 heavy (non-hydrogen) atoms. The second-order valence-electron chi connectivity index (χ2n) is 1.61. The van der Waals surface area contributed by atoms with E-state index in [2.05, 4.69) is 61.8 Å². The van der Waals surface area contributed by atoms with Gasteiger partial charge in [-0.25, -0.2) is 0 Å². The van der Waals surface area contributed by atoms with Crippen LogP contribution in [-0.2, 0) is 28.5 Å². The zero-order valence-corrected chi connectivity index (χ0v) is 19.3. The molecular formula is C5H13HgI3S. The SMILES string of the molecule is CCC([SH2+])CC.[I-].[I][Hg][I]. The molecule has 0 spiro atoms. The molecule has 0 saturated carbocycles. The van der Waals surface area contributed by atoms with E-state index in [4.69, 9.17) is 0 Å². The van der Waals surface area contributed by atoms with Gasteiger partial charge in [-0.1, -0.05) is 13.8 Å². The monoisotopic (exact) mass is 688 g/mol. The van der Waals surface area contributed by atoms with E-state index in [1.807, 2.05) is 0 Å². The van der Waals surface area contributed by atoms with Crippen LogP contribution in [0.1, 0.15) is 26.7 Å². The van der Waals surface area contributed by atoms with E-state index in [1.165, 1.54) is 12.8 Å². The van der Waals surface area contributed by atoms with Crippen molar-refractivity contribution in [1.82, 2.24) is 0 Å². The Balaban J connectivity index is -0.000000107. The first-order chi connectivity index (χ1) is 4.22. The molecule has 0 aromatic carbocycles. The zero-order chi connectivity index (χ0) is 7.70. The Bertz CT molecular complexity index is 43.9. The Morgan fingerprint density at radius 3 is 1.50 bits per heavy atom. The first-order valence-corrected chi connectivity index (χ1v) is 34.6. The van der Waals surface area contributed by atoms with Crippen molar-refractivity contribution >= 4 is 48.0 Å². The standard InChI is InChI=1S/C5H12S.Hg.3HI/c1-3-5(6)4-2;;;;/h5-6H,3-4H2,1-2H3;;3*1H/q;+2;;;/p-2. The average molecular weight is 687 g/mol. The van der Waals surface area contributed by atoms with Gasteiger partial charge in [0.2, 0.25) is 0 Å². The molecule has 0 saturated heterocycles. The molecule has 0 aliphatic rings. The predicted octanol–water partition coefficient (Wildman–Crippen LogP) is -0.0406. The molecule has 0 N–H and O–H groups in total. The molecule has 0 bridgehead atoms. The van der Waals surface area contributed by atoms with E-state index in [-0.39, 0.29) is 39.9 Å². The van der Waals surface area contributed by atoms with Crippen molar-refractivity contribution < 1.29 is 39.9 Å². The fraction of sp³-hybridized carbons (Fsp3) is 1.00. The number of hydrogen-bond acceptors (Lipinski definition) is 0. The van der Waals surface area contributed by atoms with Gasteiger partial charge in [-0.3, -0.25) is 0 Å². The van der Waals surface area contributed by atoms with Crippen LogP contribution in [0.4, 0.5) is 0 Å². The normalized spacial score (nSPS) is 7.00. The van der Waals surface area contributed by atoms with E-state index in [1.54, 1.807) is 0 Å². The Labute approximate surface area is 117 Å². The van der Waals surface area contributed by atoms with Crippen LogP contribution < -0.4 is 24.0 Å². The second kappa shape index (κ2) is 18.3. The summed E-state index contributed by atoms with van der Waals surface area (Å²) in [5.74, 6) is 0. The van der Waals surface area contributed by atoms with Crippen LogP contribution in [-0.4, -0.2) is 5.25 Å². The molecule has 0 radical (unpaired) electrons. The summed E-state index contributed by atoms with van der Waals surface area (Å²) in [6.45, 7) is 4.36. The molecular weight excluding hydrogens is 673 g/mol. The molecule has 0 amide bonds. The summed E-state index contributed by atoms with van der Waals surface area (Å²) in [4.78, 5) is 0. The number of hydrogen-bond donors (Lipinski definition) is 0. The molecule has 5 heteroatoms. The summed E-state index contributed by atoms with van der Waals surface area (Å²) in [5, 5.41) is 0.741. The van der Waals surface area contributed by atoms with Crippen molar-refractivity contribution in [2.45, 2.75) is 31.9 Å². The second-order valence-corrected chi connectivity index (χ2v) is 42.2. The van der Waals surface area contributed by atoms with E-state index < -0.39 is 0 Å². The summed E-state index contributed by atoms with van der Waals surface area (Å²) in [6.07, 6.45) is 2.49. The minimum atomic E-state index is -0.143. The van der Waals surface area contributed by atoms with Crippen LogP contribution in [0.3, 0.4) is 0 Å². The third kappa shape index (κ3) is 22.5. The van der Waals surface area contributed by atoms with Crippen LogP contribution >= 0.6 is 35.3 Å². The van der Waals surface area contributed by atoms with Gasteiger partial charge in [0.25, 0.3) is 0 Å². The van der Waals surface area contributed by atoms with Gasteiger partial charge in [0, 0.05) is 0 Å². The van der Waals surface area contributed by atoms with Gasteiger partial charge in [0.1, 0.15) is 5.25 Å². The zero-order valence-electron chi connectivity index (χ0n) is 6.33. The van der Waals surface area contributed by atoms with Crippen LogP contribution in [0.15, 0.2) is 0 Å². The molecule has 0 heterocycles. The van der Waals surface area contributed by atoms with Crippen LogP contribution in [0.25, 0.3) is 0 Å². The Morgan fingerprint density at radius 2 is 1.50 bits per heavy atom. The molecule has 0 aromatic rings. The van der Waals surface area contributed by atoms with Crippen molar-refractivity contribution in [3.05, 3.63) is 0 Å². The summed E-state index contributed by atoms with van der Waals surface area (Å²) in [6, 6.07) is 0. The van der Waals surface area contributed by atoms with Crippen molar-refractivity contribution in [3.8, 4) is 0 Å². The first-order valence-electron chi connectivity index (χ1n) is 3.05. The summed E-state index contributed by atoms with van der Waals surface area (Å²) >= 11 is 8.37.